The van der Waals surface area contributed by atoms with Crippen LogP contribution in [0.3, 0.4) is 0 Å². The molecule has 1 N–H and O–H groups in total. The maximum atomic E-state index is 4.75. The van der Waals surface area contributed by atoms with E-state index in [1.165, 1.54) is 36.8 Å². The van der Waals surface area contributed by atoms with Gasteiger partial charge in [0.25, 0.3) is 0 Å². The molecule has 0 fully saturated rings. The summed E-state index contributed by atoms with van der Waals surface area (Å²) in [6.45, 7) is 2.25. The highest BCUT2D eigenvalue weighted by molar-refractivity contribution is 5.78. The average Bonchev–Trinajstić information content (AvgIpc) is 2.46. The molecule has 0 spiro atoms. The highest BCUT2D eigenvalue weighted by Gasteiger charge is 2.08. The summed E-state index contributed by atoms with van der Waals surface area (Å²) in [5, 5.41) is 4.64. The number of hydrogen-bond donors (Lipinski definition) is 1. The summed E-state index contributed by atoms with van der Waals surface area (Å²) in [4.78, 5) is 4.75. The Morgan fingerprint density at radius 1 is 1.11 bits per heavy atom. The number of rotatable bonds is 7. The first-order valence-corrected chi connectivity index (χ1v) is 7.35. The number of unbranched alkanes of at least 4 members (excludes halogenated alkanes) is 2. The van der Waals surface area contributed by atoms with Crippen molar-refractivity contribution < 1.29 is 0 Å². The zero-order valence-corrected chi connectivity index (χ0v) is 12.0. The van der Waals surface area contributed by atoms with Gasteiger partial charge in [-0.25, -0.2) is 0 Å². The molecular weight excluding hydrogens is 232 g/mol. The minimum atomic E-state index is 0.542. The minimum Gasteiger partial charge on any atom is -0.317 e. The van der Waals surface area contributed by atoms with E-state index in [-0.39, 0.29) is 0 Å². The molecule has 2 aromatic rings. The van der Waals surface area contributed by atoms with Crippen LogP contribution in [0.25, 0.3) is 10.9 Å². The fourth-order valence-corrected chi connectivity index (χ4v) is 2.46. The SMILES string of the molecule is CCCCCC(Cc1ccc2ccccc2n1)NC. The lowest BCUT2D eigenvalue weighted by Crippen LogP contribution is -2.27. The summed E-state index contributed by atoms with van der Waals surface area (Å²) in [5.41, 5.74) is 2.29. The van der Waals surface area contributed by atoms with Crippen LogP contribution in [0.4, 0.5) is 0 Å². The zero-order chi connectivity index (χ0) is 13.5. The summed E-state index contributed by atoms with van der Waals surface area (Å²) < 4.78 is 0. The van der Waals surface area contributed by atoms with Crippen LogP contribution in [0.2, 0.25) is 0 Å². The van der Waals surface area contributed by atoms with Crippen molar-refractivity contribution >= 4 is 10.9 Å². The Hall–Kier alpha value is -1.41. The molecule has 2 nitrogen and oxygen atoms in total. The Morgan fingerprint density at radius 2 is 1.95 bits per heavy atom. The van der Waals surface area contributed by atoms with E-state index < -0.39 is 0 Å². The molecule has 0 radical (unpaired) electrons. The third-order valence-corrected chi connectivity index (χ3v) is 3.68. The van der Waals surface area contributed by atoms with Gasteiger partial charge in [-0.2, -0.15) is 0 Å². The topological polar surface area (TPSA) is 24.9 Å². The molecule has 1 aromatic carbocycles. The molecule has 2 rings (SSSR count). The Kier molecular flexibility index (Phi) is 5.34. The number of para-hydroxylation sites is 1. The Bertz CT molecular complexity index is 507. The third-order valence-electron chi connectivity index (χ3n) is 3.68. The van der Waals surface area contributed by atoms with E-state index in [9.17, 15) is 0 Å². The molecule has 0 aliphatic rings. The maximum absolute atomic E-state index is 4.75. The average molecular weight is 256 g/mol. The molecule has 1 heterocycles. The number of likely N-dealkylation sites (N-methyl/N-ethyl adjacent to an activating group) is 1. The molecule has 0 amide bonds. The van der Waals surface area contributed by atoms with E-state index in [1.54, 1.807) is 0 Å². The molecule has 102 valence electrons. The molecule has 1 unspecified atom stereocenters. The first-order valence-electron chi connectivity index (χ1n) is 7.35. The van der Waals surface area contributed by atoms with Gasteiger partial charge in [0.2, 0.25) is 0 Å². The predicted molar refractivity (Wildman–Crippen MR) is 82.4 cm³/mol. The van der Waals surface area contributed by atoms with Crippen molar-refractivity contribution in [2.24, 2.45) is 0 Å². The van der Waals surface area contributed by atoms with Crippen LogP contribution in [0.15, 0.2) is 36.4 Å². The van der Waals surface area contributed by atoms with Gasteiger partial charge < -0.3 is 5.32 Å². The van der Waals surface area contributed by atoms with Crippen LogP contribution in [-0.2, 0) is 6.42 Å². The molecule has 0 aliphatic carbocycles. The molecule has 19 heavy (non-hydrogen) atoms. The molecule has 2 heteroatoms. The molecule has 0 saturated carbocycles. The molecule has 1 atom stereocenters. The van der Waals surface area contributed by atoms with E-state index in [0.29, 0.717) is 6.04 Å². The number of aromatic nitrogens is 1. The fourth-order valence-electron chi connectivity index (χ4n) is 2.46. The van der Waals surface area contributed by atoms with Gasteiger partial charge in [-0.05, 0) is 25.6 Å². The third kappa shape index (κ3) is 4.03. The Labute approximate surface area is 116 Å². The van der Waals surface area contributed by atoms with Crippen LogP contribution >= 0.6 is 0 Å². The van der Waals surface area contributed by atoms with Crippen molar-refractivity contribution in [1.29, 1.82) is 0 Å². The van der Waals surface area contributed by atoms with Crippen LogP contribution < -0.4 is 5.32 Å². The number of benzene rings is 1. The van der Waals surface area contributed by atoms with Gasteiger partial charge in [-0.3, -0.25) is 4.98 Å². The lowest BCUT2D eigenvalue weighted by Gasteiger charge is -2.15. The van der Waals surface area contributed by atoms with Gasteiger partial charge in [-0.1, -0.05) is 50.5 Å². The number of fused-ring (bicyclic) bond motifs is 1. The van der Waals surface area contributed by atoms with Gasteiger partial charge in [0.15, 0.2) is 0 Å². The smallest absolute Gasteiger partial charge is 0.0705 e. The Balaban J connectivity index is 2.02. The lowest BCUT2D eigenvalue weighted by atomic mass is 10.0. The molecule has 1 aromatic heterocycles. The first-order chi connectivity index (χ1) is 9.33. The van der Waals surface area contributed by atoms with Gasteiger partial charge in [0.1, 0.15) is 0 Å². The van der Waals surface area contributed by atoms with E-state index in [2.05, 4.69) is 55.7 Å². The van der Waals surface area contributed by atoms with Crippen molar-refractivity contribution in [3.05, 3.63) is 42.1 Å². The highest BCUT2D eigenvalue weighted by atomic mass is 14.9. The predicted octanol–water partition coefficient (Wildman–Crippen LogP) is 3.95. The zero-order valence-electron chi connectivity index (χ0n) is 12.0. The van der Waals surface area contributed by atoms with Gasteiger partial charge >= 0.3 is 0 Å². The monoisotopic (exact) mass is 256 g/mol. The minimum absolute atomic E-state index is 0.542. The lowest BCUT2D eigenvalue weighted by molar-refractivity contribution is 0.486. The van der Waals surface area contributed by atoms with Crippen molar-refractivity contribution in [2.75, 3.05) is 7.05 Å². The van der Waals surface area contributed by atoms with Crippen LogP contribution in [0.1, 0.15) is 38.3 Å². The van der Waals surface area contributed by atoms with Crippen molar-refractivity contribution in [1.82, 2.24) is 10.3 Å². The normalized spacial score (nSPS) is 12.7. The summed E-state index contributed by atoms with van der Waals surface area (Å²) in [6.07, 6.45) is 6.16. The number of hydrogen-bond acceptors (Lipinski definition) is 2. The summed E-state index contributed by atoms with van der Waals surface area (Å²) in [5.74, 6) is 0. The summed E-state index contributed by atoms with van der Waals surface area (Å²) in [6, 6.07) is 13.2. The fraction of sp³-hybridized carbons (Fsp3) is 0.471. The second-order valence-electron chi connectivity index (χ2n) is 5.18. The Morgan fingerprint density at radius 3 is 2.74 bits per heavy atom. The van der Waals surface area contributed by atoms with Crippen molar-refractivity contribution in [2.45, 2.75) is 45.1 Å². The summed E-state index contributed by atoms with van der Waals surface area (Å²) >= 11 is 0. The van der Waals surface area contributed by atoms with Gasteiger partial charge in [-0.15, -0.1) is 0 Å². The summed E-state index contributed by atoms with van der Waals surface area (Å²) in [7, 11) is 2.05. The number of nitrogens with zero attached hydrogens (tertiary/aromatic N) is 1. The van der Waals surface area contributed by atoms with E-state index in [4.69, 9.17) is 4.98 Å². The largest absolute Gasteiger partial charge is 0.317 e. The van der Waals surface area contributed by atoms with E-state index in [1.807, 2.05) is 0 Å². The van der Waals surface area contributed by atoms with Gasteiger partial charge in [0.05, 0.1) is 5.52 Å². The molecule has 0 saturated heterocycles. The van der Waals surface area contributed by atoms with Crippen molar-refractivity contribution in [3.8, 4) is 0 Å². The molecular formula is C17H24N2. The number of pyridine rings is 1. The molecule has 0 bridgehead atoms. The second-order valence-corrected chi connectivity index (χ2v) is 5.18. The van der Waals surface area contributed by atoms with Crippen molar-refractivity contribution in [3.63, 3.8) is 0 Å². The van der Waals surface area contributed by atoms with E-state index in [0.717, 1.165) is 11.9 Å². The molecule has 0 aliphatic heterocycles. The van der Waals surface area contributed by atoms with E-state index >= 15 is 0 Å². The second kappa shape index (κ2) is 7.25. The van der Waals surface area contributed by atoms with Crippen LogP contribution in [0, 0.1) is 0 Å². The first kappa shape index (κ1) is 14.0. The quantitative estimate of drug-likeness (QED) is 0.759. The standard InChI is InChI=1S/C17H24N2/c1-3-4-5-9-15(18-2)13-16-12-11-14-8-6-7-10-17(14)19-16/h6-8,10-12,15,18H,3-5,9,13H2,1-2H3. The number of nitrogens with one attached hydrogen (secondary N) is 1. The van der Waals surface area contributed by atoms with Crippen LogP contribution in [-0.4, -0.2) is 18.1 Å². The maximum Gasteiger partial charge on any atom is 0.0705 e. The highest BCUT2D eigenvalue weighted by Crippen LogP contribution is 2.14. The van der Waals surface area contributed by atoms with Gasteiger partial charge in [0, 0.05) is 23.5 Å². The van der Waals surface area contributed by atoms with Crippen LogP contribution in [0.5, 0.6) is 0 Å².